The Labute approximate surface area is 158 Å². The highest BCUT2D eigenvalue weighted by Gasteiger charge is 2.06. The Hall–Kier alpha value is -3.35. The second-order valence-electron chi connectivity index (χ2n) is 5.99. The first kappa shape index (κ1) is 20.0. The summed E-state index contributed by atoms with van der Waals surface area (Å²) in [4.78, 5) is 34.9. The fourth-order valence-electron chi connectivity index (χ4n) is 2.31. The Morgan fingerprint density at radius 2 is 1.37 bits per heavy atom. The van der Waals surface area contributed by atoms with Gasteiger partial charge in [0, 0.05) is 36.1 Å². The summed E-state index contributed by atoms with van der Waals surface area (Å²) in [6, 6.07) is 13.8. The maximum atomic E-state index is 12.0. The van der Waals surface area contributed by atoms with Gasteiger partial charge in [-0.1, -0.05) is 6.92 Å². The van der Waals surface area contributed by atoms with E-state index in [0.29, 0.717) is 23.5 Å². The Morgan fingerprint density at radius 3 is 1.93 bits per heavy atom. The molecule has 0 aromatic heterocycles. The molecule has 0 aliphatic carbocycles. The Balaban J connectivity index is 1.81. The molecule has 2 aromatic carbocycles. The second kappa shape index (κ2) is 9.96. The molecule has 0 bridgehead atoms. The normalized spacial score (nSPS) is 10.0. The summed E-state index contributed by atoms with van der Waals surface area (Å²) in [5.74, 6) is -0.458. The highest BCUT2D eigenvalue weighted by atomic mass is 16.2. The van der Waals surface area contributed by atoms with Crippen LogP contribution in [0.1, 0.15) is 30.6 Å². The minimum Gasteiger partial charge on any atom is -0.376 e. The van der Waals surface area contributed by atoms with Crippen LogP contribution in [0.5, 0.6) is 0 Å². The van der Waals surface area contributed by atoms with Crippen LogP contribution in [0.2, 0.25) is 0 Å². The average Bonchev–Trinajstić information content (AvgIpc) is 2.66. The molecule has 0 spiro atoms. The van der Waals surface area contributed by atoms with Gasteiger partial charge in [-0.15, -0.1) is 0 Å². The number of amides is 3. The topological polar surface area (TPSA) is 99.3 Å². The summed E-state index contributed by atoms with van der Waals surface area (Å²) < 4.78 is 0. The third-order valence-corrected chi connectivity index (χ3v) is 3.62. The minimum atomic E-state index is -0.202. The van der Waals surface area contributed by atoms with E-state index in [2.05, 4.69) is 21.3 Å². The standard InChI is InChI=1S/C20H24N4O3/c1-3-12-21-20(27)15-4-6-16(7-5-15)22-13-19(26)24-18-10-8-17(9-11-18)23-14(2)25/h4-11,22H,3,12-13H2,1-2H3,(H,21,27)(H,23,25)(H,24,26). The molecule has 0 fully saturated rings. The van der Waals surface area contributed by atoms with Gasteiger partial charge in [-0.05, 0) is 55.0 Å². The first-order chi connectivity index (χ1) is 13.0. The fraction of sp³-hybridized carbons (Fsp3) is 0.250. The summed E-state index contributed by atoms with van der Waals surface area (Å²) >= 11 is 0. The third-order valence-electron chi connectivity index (χ3n) is 3.62. The molecule has 0 aliphatic rings. The third kappa shape index (κ3) is 6.81. The van der Waals surface area contributed by atoms with E-state index in [1.807, 2.05) is 6.92 Å². The van der Waals surface area contributed by atoms with E-state index in [1.54, 1.807) is 48.5 Å². The van der Waals surface area contributed by atoms with Gasteiger partial charge in [0.25, 0.3) is 5.91 Å². The smallest absolute Gasteiger partial charge is 0.251 e. The van der Waals surface area contributed by atoms with Crippen LogP contribution in [-0.2, 0) is 9.59 Å². The van der Waals surface area contributed by atoms with Gasteiger partial charge in [0.2, 0.25) is 11.8 Å². The van der Waals surface area contributed by atoms with Crippen LogP contribution in [0.15, 0.2) is 48.5 Å². The van der Waals surface area contributed by atoms with Crippen molar-refractivity contribution in [3.8, 4) is 0 Å². The lowest BCUT2D eigenvalue weighted by Crippen LogP contribution is -2.24. The summed E-state index contributed by atoms with van der Waals surface area (Å²) in [6.07, 6.45) is 0.885. The zero-order valence-corrected chi connectivity index (χ0v) is 15.5. The lowest BCUT2D eigenvalue weighted by atomic mass is 10.2. The lowest BCUT2D eigenvalue weighted by molar-refractivity contribution is -0.115. The Morgan fingerprint density at radius 1 is 0.815 bits per heavy atom. The van der Waals surface area contributed by atoms with Crippen molar-refractivity contribution in [2.45, 2.75) is 20.3 Å². The summed E-state index contributed by atoms with van der Waals surface area (Å²) in [7, 11) is 0. The van der Waals surface area contributed by atoms with Crippen LogP contribution in [0.4, 0.5) is 17.1 Å². The van der Waals surface area contributed by atoms with Gasteiger partial charge in [0.1, 0.15) is 0 Å². The molecule has 7 heteroatoms. The van der Waals surface area contributed by atoms with Crippen molar-refractivity contribution < 1.29 is 14.4 Å². The summed E-state index contributed by atoms with van der Waals surface area (Å²) in [5.41, 5.74) is 2.64. The van der Waals surface area contributed by atoms with Crippen molar-refractivity contribution in [1.82, 2.24) is 5.32 Å². The molecule has 0 atom stereocenters. The van der Waals surface area contributed by atoms with Crippen molar-refractivity contribution in [2.24, 2.45) is 0 Å². The molecule has 0 saturated carbocycles. The first-order valence-corrected chi connectivity index (χ1v) is 8.77. The molecule has 0 aliphatic heterocycles. The van der Waals surface area contributed by atoms with Crippen LogP contribution in [-0.4, -0.2) is 30.8 Å². The molecule has 0 radical (unpaired) electrons. The molecule has 0 saturated heterocycles. The molecule has 2 rings (SSSR count). The van der Waals surface area contributed by atoms with Gasteiger partial charge in [-0.25, -0.2) is 0 Å². The van der Waals surface area contributed by atoms with Crippen LogP contribution < -0.4 is 21.3 Å². The Bertz CT molecular complexity index is 786. The lowest BCUT2D eigenvalue weighted by Gasteiger charge is -2.09. The fourth-order valence-corrected chi connectivity index (χ4v) is 2.31. The molecule has 142 valence electrons. The molecular formula is C20H24N4O3. The molecule has 7 nitrogen and oxygen atoms in total. The summed E-state index contributed by atoms with van der Waals surface area (Å²) in [5, 5.41) is 11.3. The molecule has 2 aromatic rings. The van der Waals surface area contributed by atoms with Gasteiger partial charge in [-0.3, -0.25) is 14.4 Å². The highest BCUT2D eigenvalue weighted by Crippen LogP contribution is 2.14. The number of benzene rings is 2. The zero-order valence-electron chi connectivity index (χ0n) is 15.5. The van der Waals surface area contributed by atoms with Gasteiger partial charge in [0.15, 0.2) is 0 Å². The number of nitrogens with one attached hydrogen (secondary N) is 4. The number of anilines is 3. The van der Waals surface area contributed by atoms with Crippen LogP contribution in [0, 0.1) is 0 Å². The number of carbonyl (C=O) groups is 3. The maximum absolute atomic E-state index is 12.0. The predicted octanol–water partition coefficient (Wildman–Crippen LogP) is 2.84. The number of rotatable bonds is 8. The quantitative estimate of drug-likeness (QED) is 0.576. The molecular weight excluding hydrogens is 344 g/mol. The zero-order chi connectivity index (χ0) is 19.6. The first-order valence-electron chi connectivity index (χ1n) is 8.77. The van der Waals surface area contributed by atoms with Crippen molar-refractivity contribution in [1.29, 1.82) is 0 Å². The molecule has 0 unspecified atom stereocenters. The predicted molar refractivity (Wildman–Crippen MR) is 107 cm³/mol. The monoisotopic (exact) mass is 368 g/mol. The van der Waals surface area contributed by atoms with Gasteiger partial charge < -0.3 is 21.3 Å². The van der Waals surface area contributed by atoms with Crippen LogP contribution in [0.25, 0.3) is 0 Å². The molecule has 0 heterocycles. The largest absolute Gasteiger partial charge is 0.376 e. The van der Waals surface area contributed by atoms with Gasteiger partial charge >= 0.3 is 0 Å². The number of hydrogen-bond donors (Lipinski definition) is 4. The van der Waals surface area contributed by atoms with E-state index in [4.69, 9.17) is 0 Å². The van der Waals surface area contributed by atoms with Crippen LogP contribution in [0.3, 0.4) is 0 Å². The van der Waals surface area contributed by atoms with Crippen molar-refractivity contribution in [3.63, 3.8) is 0 Å². The number of carbonyl (C=O) groups excluding carboxylic acids is 3. The summed E-state index contributed by atoms with van der Waals surface area (Å²) in [6.45, 7) is 4.17. The van der Waals surface area contributed by atoms with Crippen molar-refractivity contribution >= 4 is 34.8 Å². The maximum Gasteiger partial charge on any atom is 0.251 e. The molecule has 3 amide bonds. The van der Waals surface area contributed by atoms with E-state index < -0.39 is 0 Å². The van der Waals surface area contributed by atoms with Crippen molar-refractivity contribution in [3.05, 3.63) is 54.1 Å². The van der Waals surface area contributed by atoms with E-state index in [9.17, 15) is 14.4 Å². The van der Waals surface area contributed by atoms with E-state index >= 15 is 0 Å². The van der Waals surface area contributed by atoms with Crippen LogP contribution >= 0.6 is 0 Å². The van der Waals surface area contributed by atoms with E-state index in [1.165, 1.54) is 6.92 Å². The minimum absolute atomic E-state index is 0.0921. The average molecular weight is 368 g/mol. The number of hydrogen-bond acceptors (Lipinski definition) is 4. The highest BCUT2D eigenvalue weighted by molar-refractivity contribution is 5.95. The van der Waals surface area contributed by atoms with Gasteiger partial charge in [-0.2, -0.15) is 0 Å². The second-order valence-corrected chi connectivity index (χ2v) is 5.99. The van der Waals surface area contributed by atoms with Crippen molar-refractivity contribution in [2.75, 3.05) is 29.0 Å². The van der Waals surface area contributed by atoms with E-state index in [0.717, 1.165) is 12.1 Å². The molecule has 27 heavy (non-hydrogen) atoms. The molecule has 4 N–H and O–H groups in total. The van der Waals surface area contributed by atoms with Gasteiger partial charge in [0.05, 0.1) is 6.54 Å². The SMILES string of the molecule is CCCNC(=O)c1ccc(NCC(=O)Nc2ccc(NC(C)=O)cc2)cc1. The van der Waals surface area contributed by atoms with E-state index in [-0.39, 0.29) is 24.3 Å². The Kier molecular flexibility index (Phi) is 7.37.